The molecule has 0 unspecified atom stereocenters. The molecule has 0 aromatic carbocycles. The number of anilines is 1. The van der Waals surface area contributed by atoms with E-state index in [1.165, 1.54) is 38.3 Å². The average molecular weight is 228 g/mol. The van der Waals surface area contributed by atoms with Crippen LogP contribution in [0.1, 0.15) is 37.8 Å². The van der Waals surface area contributed by atoms with Crippen molar-refractivity contribution in [2.45, 2.75) is 38.1 Å². The monoisotopic (exact) mass is 228 g/mol. The molecule has 88 valence electrons. The lowest BCUT2D eigenvalue weighted by molar-refractivity contribution is 0.261. The van der Waals surface area contributed by atoms with Gasteiger partial charge in [0.15, 0.2) is 5.69 Å². The van der Waals surface area contributed by atoms with Gasteiger partial charge in [0.2, 0.25) is 0 Å². The van der Waals surface area contributed by atoms with Crippen LogP contribution in [0.3, 0.4) is 0 Å². The molecule has 0 N–H and O–H groups in total. The fraction of sp³-hybridized carbons (Fsp3) is 0.615. The van der Waals surface area contributed by atoms with Crippen molar-refractivity contribution in [3.05, 3.63) is 18.1 Å². The van der Waals surface area contributed by atoms with Gasteiger partial charge in [-0.1, -0.05) is 6.42 Å². The lowest BCUT2D eigenvalue weighted by Gasteiger charge is -2.37. The number of hydrogen-bond acceptors (Lipinski definition) is 4. The Balaban J connectivity index is 1.84. The topological polar surface area (TPSA) is 52.8 Å². The lowest BCUT2D eigenvalue weighted by Crippen LogP contribution is -2.39. The van der Waals surface area contributed by atoms with Crippen LogP contribution in [0.25, 0.3) is 0 Å². The average Bonchev–Trinajstić information content (AvgIpc) is 2.76. The van der Waals surface area contributed by atoms with Gasteiger partial charge in [-0.05, 0) is 31.6 Å². The Morgan fingerprint density at radius 1 is 1.24 bits per heavy atom. The van der Waals surface area contributed by atoms with Gasteiger partial charge >= 0.3 is 0 Å². The minimum absolute atomic E-state index is 0.418. The molecule has 1 aromatic rings. The van der Waals surface area contributed by atoms with Gasteiger partial charge in [0.1, 0.15) is 11.9 Å². The molecule has 2 fully saturated rings. The number of nitrogens with zero attached hydrogens (tertiary/aromatic N) is 4. The first kappa shape index (κ1) is 10.5. The largest absolute Gasteiger partial charge is 0.352 e. The Hall–Kier alpha value is -1.63. The maximum absolute atomic E-state index is 8.87. The fourth-order valence-electron chi connectivity index (χ4n) is 2.94. The SMILES string of the molecule is N#Cc1cncc(N2CCC[C@H]2C2CCC2)n1. The highest BCUT2D eigenvalue weighted by Gasteiger charge is 2.35. The summed E-state index contributed by atoms with van der Waals surface area (Å²) in [6, 6.07) is 2.69. The van der Waals surface area contributed by atoms with Gasteiger partial charge in [-0.2, -0.15) is 5.26 Å². The van der Waals surface area contributed by atoms with Crippen molar-refractivity contribution >= 4 is 5.82 Å². The van der Waals surface area contributed by atoms with Gasteiger partial charge in [0, 0.05) is 12.6 Å². The molecule has 0 spiro atoms. The first-order valence-corrected chi connectivity index (χ1v) is 6.37. The van der Waals surface area contributed by atoms with Crippen LogP contribution in [-0.2, 0) is 0 Å². The minimum Gasteiger partial charge on any atom is -0.352 e. The lowest BCUT2D eigenvalue weighted by atomic mass is 9.79. The number of rotatable bonds is 2. The Kier molecular flexibility index (Phi) is 2.68. The zero-order valence-electron chi connectivity index (χ0n) is 9.84. The summed E-state index contributed by atoms with van der Waals surface area (Å²) in [5, 5.41) is 8.87. The van der Waals surface area contributed by atoms with E-state index in [9.17, 15) is 0 Å². The van der Waals surface area contributed by atoms with Gasteiger partial charge in [-0.25, -0.2) is 4.98 Å². The molecular formula is C13H16N4. The third-order valence-corrected chi connectivity index (χ3v) is 4.02. The third-order valence-electron chi connectivity index (χ3n) is 4.02. The molecule has 1 atom stereocenters. The summed E-state index contributed by atoms with van der Waals surface area (Å²) in [5.41, 5.74) is 0.418. The number of hydrogen-bond donors (Lipinski definition) is 0. The van der Waals surface area contributed by atoms with E-state index in [1.807, 2.05) is 0 Å². The standard InChI is InChI=1S/C13H16N4/c14-7-11-8-15-9-13(16-11)17-6-2-5-12(17)10-3-1-4-10/h8-10,12H,1-6H2/t12-/m0/s1. The summed E-state index contributed by atoms with van der Waals surface area (Å²) < 4.78 is 0. The third kappa shape index (κ3) is 1.86. The summed E-state index contributed by atoms with van der Waals surface area (Å²) in [7, 11) is 0. The highest BCUT2D eigenvalue weighted by molar-refractivity contribution is 5.41. The van der Waals surface area contributed by atoms with Crippen LogP contribution in [0.15, 0.2) is 12.4 Å². The van der Waals surface area contributed by atoms with E-state index in [2.05, 4.69) is 20.9 Å². The van der Waals surface area contributed by atoms with Gasteiger partial charge in [0.25, 0.3) is 0 Å². The molecule has 1 aliphatic heterocycles. The predicted molar refractivity (Wildman–Crippen MR) is 64.5 cm³/mol. The van der Waals surface area contributed by atoms with Crippen LogP contribution in [0.5, 0.6) is 0 Å². The Labute approximate surface area is 101 Å². The van der Waals surface area contributed by atoms with Crippen LogP contribution in [0, 0.1) is 17.2 Å². The van der Waals surface area contributed by atoms with E-state index in [0.29, 0.717) is 11.7 Å². The molecule has 4 nitrogen and oxygen atoms in total. The Morgan fingerprint density at radius 2 is 2.12 bits per heavy atom. The van der Waals surface area contributed by atoms with Gasteiger partial charge < -0.3 is 4.90 Å². The molecular weight excluding hydrogens is 212 g/mol. The van der Waals surface area contributed by atoms with E-state index in [0.717, 1.165) is 18.3 Å². The maximum Gasteiger partial charge on any atom is 0.161 e. The molecule has 1 aliphatic carbocycles. The van der Waals surface area contributed by atoms with Crippen molar-refractivity contribution in [1.82, 2.24) is 9.97 Å². The molecule has 2 aliphatic rings. The van der Waals surface area contributed by atoms with Gasteiger partial charge in [-0.15, -0.1) is 0 Å². The second kappa shape index (κ2) is 4.33. The normalized spacial score (nSPS) is 24.4. The van der Waals surface area contributed by atoms with Crippen molar-refractivity contribution in [3.8, 4) is 6.07 Å². The van der Waals surface area contributed by atoms with Crippen molar-refractivity contribution in [1.29, 1.82) is 5.26 Å². The highest BCUT2D eigenvalue weighted by atomic mass is 15.2. The Bertz CT molecular complexity index is 447. The fourth-order valence-corrected chi connectivity index (χ4v) is 2.94. The summed E-state index contributed by atoms with van der Waals surface area (Å²) >= 11 is 0. The van der Waals surface area contributed by atoms with E-state index < -0.39 is 0 Å². The summed E-state index contributed by atoms with van der Waals surface area (Å²) in [6.45, 7) is 1.06. The molecule has 4 heteroatoms. The molecule has 17 heavy (non-hydrogen) atoms. The molecule has 1 saturated carbocycles. The second-order valence-electron chi connectivity index (χ2n) is 4.97. The van der Waals surface area contributed by atoms with Crippen molar-refractivity contribution in [2.75, 3.05) is 11.4 Å². The second-order valence-corrected chi connectivity index (χ2v) is 4.97. The minimum atomic E-state index is 0.418. The van der Waals surface area contributed by atoms with E-state index in [4.69, 9.17) is 5.26 Å². The van der Waals surface area contributed by atoms with Crippen molar-refractivity contribution < 1.29 is 0 Å². The summed E-state index contributed by atoms with van der Waals surface area (Å²) in [6.07, 6.45) is 9.90. The van der Waals surface area contributed by atoms with Crippen LogP contribution in [0.2, 0.25) is 0 Å². The molecule has 0 bridgehead atoms. The van der Waals surface area contributed by atoms with Gasteiger partial charge in [0.05, 0.1) is 12.4 Å². The molecule has 1 saturated heterocycles. The van der Waals surface area contributed by atoms with E-state index in [1.54, 1.807) is 6.20 Å². The van der Waals surface area contributed by atoms with Crippen LogP contribution in [-0.4, -0.2) is 22.6 Å². The van der Waals surface area contributed by atoms with E-state index >= 15 is 0 Å². The first-order valence-electron chi connectivity index (χ1n) is 6.37. The summed E-state index contributed by atoms with van der Waals surface area (Å²) in [5.74, 6) is 1.73. The van der Waals surface area contributed by atoms with Crippen molar-refractivity contribution in [2.24, 2.45) is 5.92 Å². The predicted octanol–water partition coefficient (Wildman–Crippen LogP) is 2.12. The van der Waals surface area contributed by atoms with Crippen LogP contribution in [0.4, 0.5) is 5.82 Å². The Morgan fingerprint density at radius 3 is 2.82 bits per heavy atom. The van der Waals surface area contributed by atoms with Gasteiger partial charge in [-0.3, -0.25) is 4.98 Å². The quantitative estimate of drug-likeness (QED) is 0.778. The molecule has 0 radical (unpaired) electrons. The number of nitriles is 1. The summed E-state index contributed by atoms with van der Waals surface area (Å²) in [4.78, 5) is 10.8. The first-order chi connectivity index (χ1) is 8.38. The highest BCUT2D eigenvalue weighted by Crippen LogP contribution is 2.38. The zero-order chi connectivity index (χ0) is 11.7. The van der Waals surface area contributed by atoms with Crippen LogP contribution >= 0.6 is 0 Å². The molecule has 2 heterocycles. The molecule has 1 aromatic heterocycles. The maximum atomic E-state index is 8.87. The molecule has 0 amide bonds. The van der Waals surface area contributed by atoms with Crippen LogP contribution < -0.4 is 4.90 Å². The van der Waals surface area contributed by atoms with E-state index in [-0.39, 0.29) is 0 Å². The number of aromatic nitrogens is 2. The smallest absolute Gasteiger partial charge is 0.161 e. The zero-order valence-corrected chi connectivity index (χ0v) is 9.84. The van der Waals surface area contributed by atoms with Crippen molar-refractivity contribution in [3.63, 3.8) is 0 Å². The molecule has 3 rings (SSSR count).